The van der Waals surface area contributed by atoms with Crippen LogP contribution in [0.1, 0.15) is 35.6 Å². The maximum atomic E-state index is 12.7. The molecule has 0 atom stereocenters. The van der Waals surface area contributed by atoms with Crippen molar-refractivity contribution in [3.05, 3.63) is 63.6 Å². The highest BCUT2D eigenvalue weighted by molar-refractivity contribution is 7.71. The number of hydrogen-bond acceptors (Lipinski definition) is 8. The normalized spacial score (nSPS) is 15.6. The van der Waals surface area contributed by atoms with E-state index < -0.39 is 39.2 Å². The Morgan fingerprint density at radius 2 is 1.97 bits per heavy atom. The first-order chi connectivity index (χ1) is 18.0. The van der Waals surface area contributed by atoms with Crippen molar-refractivity contribution in [3.8, 4) is 0 Å². The number of pyridine rings is 1. The number of imide groups is 1. The largest absolute Gasteiger partial charge is 0.465 e. The van der Waals surface area contributed by atoms with E-state index in [0.29, 0.717) is 22.9 Å². The molecular weight excluding hydrogens is 520 g/mol. The van der Waals surface area contributed by atoms with Gasteiger partial charge in [-0.1, -0.05) is 0 Å². The Hall–Kier alpha value is -4.53. The molecule has 1 aliphatic heterocycles. The lowest BCUT2D eigenvalue weighted by molar-refractivity contribution is -0.385. The molecule has 4 amide bonds. The Balaban J connectivity index is 1.54. The number of anilines is 2. The van der Waals surface area contributed by atoms with E-state index in [4.69, 9.17) is 0 Å². The quantitative estimate of drug-likeness (QED) is 0.187. The zero-order chi connectivity index (χ0) is 27.3. The van der Waals surface area contributed by atoms with Crippen molar-refractivity contribution in [2.75, 3.05) is 23.4 Å². The number of nitro groups is 1. The van der Waals surface area contributed by atoms with Gasteiger partial charge in [0.05, 0.1) is 34.3 Å². The summed E-state index contributed by atoms with van der Waals surface area (Å²) in [7, 11) is -1.53. The molecule has 3 heterocycles. The monoisotopic (exact) mass is 542 g/mol. The third-order valence-corrected chi connectivity index (χ3v) is 7.15. The van der Waals surface area contributed by atoms with Gasteiger partial charge in [-0.25, -0.2) is 23.0 Å². The Morgan fingerprint density at radius 1 is 1.24 bits per heavy atom. The van der Waals surface area contributed by atoms with Gasteiger partial charge in [-0.05, 0) is 42.5 Å². The van der Waals surface area contributed by atoms with Crippen LogP contribution < -0.4 is 9.80 Å². The molecule has 38 heavy (non-hydrogen) atoms. The first-order valence-electron chi connectivity index (χ1n) is 11.5. The third-order valence-electron chi connectivity index (χ3n) is 6.56. The van der Waals surface area contributed by atoms with Gasteiger partial charge >= 0.3 is 12.1 Å². The third kappa shape index (κ3) is 4.63. The maximum Gasteiger partial charge on any atom is 0.412 e. The van der Waals surface area contributed by atoms with E-state index in [9.17, 15) is 38.0 Å². The molecule has 1 N–H and O–H groups in total. The number of carbonyl (C=O) groups is 3. The van der Waals surface area contributed by atoms with Crippen LogP contribution in [0.15, 0.2) is 36.7 Å². The lowest BCUT2D eigenvalue weighted by Crippen LogP contribution is -2.30. The fourth-order valence-electron chi connectivity index (χ4n) is 4.45. The highest BCUT2D eigenvalue weighted by Gasteiger charge is 2.36. The van der Waals surface area contributed by atoms with Gasteiger partial charge < -0.3 is 9.51 Å². The highest BCUT2D eigenvalue weighted by Crippen LogP contribution is 2.42. The van der Waals surface area contributed by atoms with Crippen LogP contribution in [0.3, 0.4) is 0 Å². The number of carbonyl (C=O) groups excluding carboxylic acids is 2. The topological polar surface area (TPSA) is 176 Å². The number of carboxylic acid groups (broad SMARTS) is 1. The lowest BCUT2D eigenvalue weighted by atomic mass is 10.1. The van der Waals surface area contributed by atoms with E-state index in [1.807, 2.05) is 12.3 Å². The van der Waals surface area contributed by atoms with Crippen LogP contribution >= 0.6 is 0 Å². The lowest BCUT2D eigenvalue weighted by Gasteiger charge is -2.18. The van der Waals surface area contributed by atoms with Gasteiger partial charge in [0, 0.05) is 31.1 Å². The zero-order valence-corrected chi connectivity index (χ0v) is 20.9. The van der Waals surface area contributed by atoms with E-state index in [1.54, 1.807) is 10.6 Å². The molecule has 1 aromatic carbocycles. The molecule has 2 aliphatic rings. The summed E-state index contributed by atoms with van der Waals surface area (Å²) in [5.74, 6) is -0.598. The number of aromatic nitrogens is 2. The van der Waals surface area contributed by atoms with Gasteiger partial charge in [0.25, 0.3) is 5.69 Å². The molecule has 0 bridgehead atoms. The SMILES string of the molecule is CN1C(=O)CN(c2cc(C3CC3)cn3cc(CN(C(=O)O)c4ccc(C[SH](=O)=O)c([N+](=O)[O-])c4)nc23)C1=O. The van der Waals surface area contributed by atoms with Gasteiger partial charge in [0.1, 0.15) is 17.2 Å². The molecule has 15 heteroatoms. The van der Waals surface area contributed by atoms with Crippen LogP contribution in [-0.4, -0.2) is 64.4 Å². The average Bonchev–Trinajstić information content (AvgIpc) is 3.58. The summed E-state index contributed by atoms with van der Waals surface area (Å²) in [4.78, 5) is 55.5. The molecule has 0 unspecified atom stereocenters. The molecule has 5 rings (SSSR count). The summed E-state index contributed by atoms with van der Waals surface area (Å²) in [6, 6.07) is 4.86. The minimum Gasteiger partial charge on any atom is -0.465 e. The number of nitro benzene ring substituents is 1. The smallest absolute Gasteiger partial charge is 0.412 e. The van der Waals surface area contributed by atoms with Gasteiger partial charge in [0.2, 0.25) is 5.91 Å². The van der Waals surface area contributed by atoms with E-state index >= 15 is 0 Å². The minimum atomic E-state index is -2.93. The van der Waals surface area contributed by atoms with Crippen molar-refractivity contribution in [2.45, 2.75) is 31.1 Å². The second-order valence-corrected chi connectivity index (χ2v) is 10.1. The molecule has 0 spiro atoms. The predicted octanol–water partition coefficient (Wildman–Crippen LogP) is 2.31. The number of likely N-dealkylation sites (N-methyl/N-ethyl adjacent to an activating group) is 1. The van der Waals surface area contributed by atoms with Crippen molar-refractivity contribution in [1.29, 1.82) is 0 Å². The number of fused-ring (bicyclic) bond motifs is 1. The van der Waals surface area contributed by atoms with Crippen LogP contribution in [0.4, 0.5) is 26.7 Å². The minimum absolute atomic E-state index is 0.0352. The number of rotatable bonds is 8. The molecule has 2 fully saturated rings. The Labute approximate surface area is 216 Å². The first kappa shape index (κ1) is 25.1. The Morgan fingerprint density at radius 3 is 2.55 bits per heavy atom. The summed E-state index contributed by atoms with van der Waals surface area (Å²) in [6.07, 6.45) is 4.04. The number of hydrogen-bond donors (Lipinski definition) is 2. The van der Waals surface area contributed by atoms with E-state index in [1.165, 1.54) is 24.1 Å². The van der Waals surface area contributed by atoms with Crippen molar-refractivity contribution < 1.29 is 32.8 Å². The van der Waals surface area contributed by atoms with Crippen LogP contribution in [-0.2, 0) is 27.8 Å². The van der Waals surface area contributed by atoms with Crippen molar-refractivity contribution in [2.24, 2.45) is 0 Å². The van der Waals surface area contributed by atoms with Crippen LogP contribution in [0, 0.1) is 10.1 Å². The van der Waals surface area contributed by atoms with E-state index in [-0.39, 0.29) is 30.2 Å². The first-order valence-corrected chi connectivity index (χ1v) is 12.9. The number of benzene rings is 1. The number of nitrogens with zero attached hydrogens (tertiary/aromatic N) is 6. The predicted molar refractivity (Wildman–Crippen MR) is 134 cm³/mol. The summed E-state index contributed by atoms with van der Waals surface area (Å²) in [5.41, 5.74) is 1.43. The molecule has 3 aromatic rings. The fourth-order valence-corrected chi connectivity index (χ4v) is 4.99. The molecule has 1 saturated carbocycles. The average molecular weight is 543 g/mol. The summed E-state index contributed by atoms with van der Waals surface area (Å²) in [5, 5.41) is 21.4. The van der Waals surface area contributed by atoms with Gasteiger partial charge in [0.15, 0.2) is 5.65 Å². The van der Waals surface area contributed by atoms with Crippen LogP contribution in [0.2, 0.25) is 0 Å². The van der Waals surface area contributed by atoms with Gasteiger partial charge in [-0.2, -0.15) is 0 Å². The highest BCUT2D eigenvalue weighted by atomic mass is 32.2. The molecule has 2 aromatic heterocycles. The Bertz CT molecular complexity index is 1590. The second-order valence-electron chi connectivity index (χ2n) is 9.15. The molecule has 1 saturated heterocycles. The molecule has 0 radical (unpaired) electrons. The van der Waals surface area contributed by atoms with Crippen LogP contribution in [0.5, 0.6) is 0 Å². The standard InChI is InChI=1S/C23H22N6O8S/c1-25-20(30)11-28(22(25)31)19-6-15(13-2-3-13)8-26-9-16(24-21(19)26)10-27(23(32)33)17-5-4-14(12-38(36)37)18(7-17)29(34)35/h4-9,13,38H,2-3,10-12H2,1H3,(H,32,33). The summed E-state index contributed by atoms with van der Waals surface area (Å²) in [6.45, 7) is -0.429. The van der Waals surface area contributed by atoms with Crippen molar-refractivity contribution >= 4 is 51.4 Å². The summed E-state index contributed by atoms with van der Waals surface area (Å²) >= 11 is 0. The Kier molecular flexibility index (Phi) is 6.22. The van der Waals surface area contributed by atoms with Gasteiger partial charge in [-0.15, -0.1) is 0 Å². The number of imidazole rings is 1. The molecular formula is C23H22N6O8S. The van der Waals surface area contributed by atoms with Crippen LogP contribution in [0.25, 0.3) is 5.65 Å². The number of thiol groups is 1. The molecule has 14 nitrogen and oxygen atoms in total. The van der Waals surface area contributed by atoms with E-state index in [2.05, 4.69) is 4.98 Å². The summed E-state index contributed by atoms with van der Waals surface area (Å²) < 4.78 is 23.9. The molecule has 1 aliphatic carbocycles. The number of amides is 4. The van der Waals surface area contributed by atoms with E-state index in [0.717, 1.165) is 34.3 Å². The van der Waals surface area contributed by atoms with Gasteiger partial charge in [-0.3, -0.25) is 29.6 Å². The maximum absolute atomic E-state index is 12.7. The fraction of sp³-hybridized carbons (Fsp3) is 0.304. The second kappa shape index (κ2) is 9.41. The van der Waals surface area contributed by atoms with Crippen molar-refractivity contribution in [3.63, 3.8) is 0 Å². The molecule has 198 valence electrons. The van der Waals surface area contributed by atoms with Crippen molar-refractivity contribution in [1.82, 2.24) is 14.3 Å². The zero-order valence-electron chi connectivity index (χ0n) is 20.0. The number of urea groups is 1.